The summed E-state index contributed by atoms with van der Waals surface area (Å²) in [7, 11) is 0. The lowest BCUT2D eigenvalue weighted by Gasteiger charge is -2.05. The van der Waals surface area contributed by atoms with Gasteiger partial charge < -0.3 is 5.73 Å². The van der Waals surface area contributed by atoms with Crippen LogP contribution in [0.15, 0.2) is 42.9 Å². The number of rotatable bonds is 2. The molecule has 0 aromatic carbocycles. The highest BCUT2D eigenvalue weighted by atomic mass is 14.9. The zero-order chi connectivity index (χ0) is 13.2. The van der Waals surface area contributed by atoms with Crippen LogP contribution in [0.2, 0.25) is 0 Å². The molecular weight excluding hydrogens is 236 g/mol. The van der Waals surface area contributed by atoms with Crippen molar-refractivity contribution < 1.29 is 0 Å². The second kappa shape index (κ2) is 4.65. The first-order valence-electron chi connectivity index (χ1n) is 6.13. The fourth-order valence-electron chi connectivity index (χ4n) is 2.18. The van der Waals surface area contributed by atoms with Gasteiger partial charge in [0, 0.05) is 18.6 Å². The summed E-state index contributed by atoms with van der Waals surface area (Å²) in [6.45, 7) is 2.00. The average molecular weight is 250 g/mol. The molecule has 3 aromatic rings. The van der Waals surface area contributed by atoms with Gasteiger partial charge in [0.15, 0.2) is 0 Å². The normalized spacial score (nSPS) is 10.8. The maximum Gasteiger partial charge on any atom is 0.124 e. The molecule has 0 aliphatic carbocycles. The number of pyridine rings is 3. The van der Waals surface area contributed by atoms with E-state index in [-0.39, 0.29) is 0 Å². The monoisotopic (exact) mass is 250 g/mol. The van der Waals surface area contributed by atoms with Crippen molar-refractivity contribution in [3.63, 3.8) is 0 Å². The van der Waals surface area contributed by atoms with Crippen LogP contribution in [0.5, 0.6) is 0 Å². The van der Waals surface area contributed by atoms with Crippen molar-refractivity contribution in [2.24, 2.45) is 0 Å². The minimum absolute atomic E-state index is 0.535. The molecule has 0 saturated carbocycles. The molecule has 4 nitrogen and oxygen atoms in total. The zero-order valence-corrected chi connectivity index (χ0v) is 10.7. The number of hydrogen-bond acceptors (Lipinski definition) is 4. The van der Waals surface area contributed by atoms with Crippen LogP contribution in [0.4, 0.5) is 5.82 Å². The highest BCUT2D eigenvalue weighted by Crippen LogP contribution is 2.19. The average Bonchev–Trinajstić information content (AvgIpc) is 2.39. The maximum atomic E-state index is 5.78. The molecule has 3 rings (SSSR count). The Morgan fingerprint density at radius 3 is 2.68 bits per heavy atom. The first-order chi connectivity index (χ1) is 9.22. The molecule has 0 bridgehead atoms. The number of nitrogens with two attached hydrogens (primary N) is 1. The van der Waals surface area contributed by atoms with Crippen LogP contribution in [0.25, 0.3) is 11.0 Å². The Hall–Kier alpha value is -2.49. The summed E-state index contributed by atoms with van der Waals surface area (Å²) in [4.78, 5) is 12.8. The number of aryl methyl sites for hydroxylation is 1. The van der Waals surface area contributed by atoms with Gasteiger partial charge >= 0.3 is 0 Å². The van der Waals surface area contributed by atoms with E-state index in [2.05, 4.69) is 15.0 Å². The third-order valence-electron chi connectivity index (χ3n) is 3.07. The van der Waals surface area contributed by atoms with E-state index in [0.29, 0.717) is 5.82 Å². The number of anilines is 1. The lowest BCUT2D eigenvalue weighted by atomic mass is 10.1. The smallest absolute Gasteiger partial charge is 0.124 e. The van der Waals surface area contributed by atoms with Gasteiger partial charge in [-0.05, 0) is 54.3 Å². The van der Waals surface area contributed by atoms with Gasteiger partial charge in [0.1, 0.15) is 5.82 Å². The van der Waals surface area contributed by atoms with E-state index >= 15 is 0 Å². The van der Waals surface area contributed by atoms with Crippen LogP contribution in [0, 0.1) is 6.92 Å². The fourth-order valence-corrected chi connectivity index (χ4v) is 2.18. The molecule has 19 heavy (non-hydrogen) atoms. The molecule has 0 unspecified atom stereocenters. The number of aromatic nitrogens is 3. The minimum atomic E-state index is 0.535. The van der Waals surface area contributed by atoms with Gasteiger partial charge in [-0.2, -0.15) is 0 Å². The van der Waals surface area contributed by atoms with E-state index in [1.807, 2.05) is 37.4 Å². The quantitative estimate of drug-likeness (QED) is 0.759. The first kappa shape index (κ1) is 11.6. The minimum Gasteiger partial charge on any atom is -0.384 e. The van der Waals surface area contributed by atoms with Gasteiger partial charge in [-0.25, -0.2) is 4.98 Å². The van der Waals surface area contributed by atoms with E-state index in [4.69, 9.17) is 5.73 Å². The lowest BCUT2D eigenvalue weighted by Crippen LogP contribution is -1.96. The van der Waals surface area contributed by atoms with Crippen molar-refractivity contribution >= 4 is 16.9 Å². The summed E-state index contributed by atoms with van der Waals surface area (Å²) in [6.07, 6.45) is 6.31. The molecule has 0 aliphatic rings. The van der Waals surface area contributed by atoms with Crippen molar-refractivity contribution in [3.05, 3.63) is 59.5 Å². The summed E-state index contributed by atoms with van der Waals surface area (Å²) in [5, 5.41) is 0. The number of nitrogen functional groups attached to an aromatic ring is 1. The third-order valence-corrected chi connectivity index (χ3v) is 3.07. The molecule has 3 heterocycles. The van der Waals surface area contributed by atoms with E-state index in [9.17, 15) is 0 Å². The molecular formula is C15H14N4. The molecule has 2 N–H and O–H groups in total. The Bertz CT molecular complexity index is 723. The van der Waals surface area contributed by atoms with Crippen molar-refractivity contribution in [1.82, 2.24) is 15.0 Å². The highest BCUT2D eigenvalue weighted by Gasteiger charge is 2.04. The molecule has 0 aliphatic heterocycles. The standard InChI is InChI=1S/C15H14N4/c1-10-6-14(16)19-13-8-12(9-18-15(10)13)7-11-2-4-17-5-3-11/h2-6,8-9H,7H2,1H3,(H2,16,19). The highest BCUT2D eigenvalue weighted by molar-refractivity contribution is 5.79. The first-order valence-corrected chi connectivity index (χ1v) is 6.13. The molecule has 0 atom stereocenters. The Kier molecular flexibility index (Phi) is 2.83. The van der Waals surface area contributed by atoms with E-state index in [0.717, 1.165) is 28.6 Å². The van der Waals surface area contributed by atoms with Gasteiger partial charge in [0.2, 0.25) is 0 Å². The molecule has 3 aromatic heterocycles. The SMILES string of the molecule is Cc1cc(N)nc2cc(Cc3ccncc3)cnc12. The van der Waals surface area contributed by atoms with Gasteiger partial charge in [0.25, 0.3) is 0 Å². The summed E-state index contributed by atoms with van der Waals surface area (Å²) in [5.41, 5.74) is 10.9. The summed E-state index contributed by atoms with van der Waals surface area (Å²) >= 11 is 0. The van der Waals surface area contributed by atoms with Crippen LogP contribution >= 0.6 is 0 Å². The third kappa shape index (κ3) is 2.38. The second-order valence-electron chi connectivity index (χ2n) is 4.61. The Morgan fingerprint density at radius 2 is 1.89 bits per heavy atom. The predicted molar refractivity (Wildman–Crippen MR) is 75.7 cm³/mol. The van der Waals surface area contributed by atoms with Crippen LogP contribution in [0.1, 0.15) is 16.7 Å². The molecule has 0 radical (unpaired) electrons. The molecule has 0 fully saturated rings. The summed E-state index contributed by atoms with van der Waals surface area (Å²) in [6, 6.07) is 7.90. The lowest BCUT2D eigenvalue weighted by molar-refractivity contribution is 1.14. The maximum absolute atomic E-state index is 5.78. The van der Waals surface area contributed by atoms with Crippen molar-refractivity contribution in [1.29, 1.82) is 0 Å². The predicted octanol–water partition coefficient (Wildman–Crippen LogP) is 2.51. The van der Waals surface area contributed by atoms with E-state index in [1.165, 1.54) is 5.56 Å². The van der Waals surface area contributed by atoms with Gasteiger partial charge in [-0.3, -0.25) is 9.97 Å². The van der Waals surface area contributed by atoms with Crippen molar-refractivity contribution in [2.45, 2.75) is 13.3 Å². The van der Waals surface area contributed by atoms with Crippen molar-refractivity contribution in [3.8, 4) is 0 Å². The Labute approximate surface area is 111 Å². The van der Waals surface area contributed by atoms with E-state index < -0.39 is 0 Å². The van der Waals surface area contributed by atoms with Gasteiger partial charge in [-0.1, -0.05) is 0 Å². The van der Waals surface area contributed by atoms with Crippen LogP contribution in [0.3, 0.4) is 0 Å². The number of fused-ring (bicyclic) bond motifs is 1. The Balaban J connectivity index is 2.02. The zero-order valence-electron chi connectivity index (χ0n) is 10.7. The Morgan fingerprint density at radius 1 is 1.11 bits per heavy atom. The second-order valence-corrected chi connectivity index (χ2v) is 4.61. The van der Waals surface area contributed by atoms with Crippen LogP contribution in [-0.2, 0) is 6.42 Å². The molecule has 4 heteroatoms. The number of hydrogen-bond donors (Lipinski definition) is 1. The van der Waals surface area contributed by atoms with Crippen LogP contribution in [-0.4, -0.2) is 15.0 Å². The molecule has 0 saturated heterocycles. The van der Waals surface area contributed by atoms with Crippen molar-refractivity contribution in [2.75, 3.05) is 5.73 Å². The fraction of sp³-hybridized carbons (Fsp3) is 0.133. The molecule has 0 spiro atoms. The summed E-state index contributed by atoms with van der Waals surface area (Å²) in [5.74, 6) is 0.535. The molecule has 0 amide bonds. The van der Waals surface area contributed by atoms with Crippen LogP contribution < -0.4 is 5.73 Å². The van der Waals surface area contributed by atoms with E-state index in [1.54, 1.807) is 12.4 Å². The van der Waals surface area contributed by atoms with Gasteiger partial charge in [-0.15, -0.1) is 0 Å². The largest absolute Gasteiger partial charge is 0.384 e. The topological polar surface area (TPSA) is 64.7 Å². The van der Waals surface area contributed by atoms with Gasteiger partial charge in [0.05, 0.1) is 11.0 Å². The molecule has 94 valence electrons. The summed E-state index contributed by atoms with van der Waals surface area (Å²) < 4.78 is 0. The number of nitrogens with zero attached hydrogens (tertiary/aromatic N) is 3.